The zero-order chi connectivity index (χ0) is 12.8. The second-order valence-electron chi connectivity index (χ2n) is 4.79. The number of rotatable bonds is 6. The number of nitrogens with one attached hydrogen (secondary N) is 1. The average molecular weight is 258 g/mol. The quantitative estimate of drug-likeness (QED) is 0.811. The van der Waals surface area contributed by atoms with Gasteiger partial charge in [-0.2, -0.15) is 0 Å². The van der Waals surface area contributed by atoms with E-state index in [1.165, 1.54) is 0 Å². The van der Waals surface area contributed by atoms with Crippen LogP contribution in [0.15, 0.2) is 18.2 Å². The Morgan fingerprint density at radius 3 is 2.59 bits per heavy atom. The summed E-state index contributed by atoms with van der Waals surface area (Å²) < 4.78 is 13.3. The molecule has 0 fully saturated rings. The standard InChI is InChI=1S/C14H21ClFN/c1-4-11(9-17-10(2)3)7-12-5-6-13(15)14(16)8-12/h5-6,8,10-11,17H,4,7,9H2,1-3H3. The molecule has 1 atom stereocenters. The summed E-state index contributed by atoms with van der Waals surface area (Å²) in [7, 11) is 0. The Labute approximate surface area is 108 Å². The molecular weight excluding hydrogens is 237 g/mol. The van der Waals surface area contributed by atoms with Gasteiger partial charge in [-0.1, -0.05) is 44.9 Å². The Hall–Kier alpha value is -0.600. The molecule has 0 aromatic heterocycles. The van der Waals surface area contributed by atoms with Crippen LogP contribution in [0.25, 0.3) is 0 Å². The van der Waals surface area contributed by atoms with Crippen molar-refractivity contribution in [3.8, 4) is 0 Å². The Balaban J connectivity index is 2.57. The molecule has 0 aliphatic heterocycles. The smallest absolute Gasteiger partial charge is 0.142 e. The van der Waals surface area contributed by atoms with E-state index < -0.39 is 0 Å². The van der Waals surface area contributed by atoms with Crippen molar-refractivity contribution in [1.82, 2.24) is 5.32 Å². The van der Waals surface area contributed by atoms with Gasteiger partial charge in [-0.05, 0) is 36.6 Å². The molecule has 0 aliphatic rings. The first-order valence-corrected chi connectivity index (χ1v) is 6.58. The maximum absolute atomic E-state index is 13.3. The summed E-state index contributed by atoms with van der Waals surface area (Å²) in [5.41, 5.74) is 1.02. The van der Waals surface area contributed by atoms with E-state index in [4.69, 9.17) is 11.6 Å². The molecule has 1 N–H and O–H groups in total. The second kappa shape index (κ2) is 6.97. The van der Waals surface area contributed by atoms with Crippen molar-refractivity contribution in [2.24, 2.45) is 5.92 Å². The Morgan fingerprint density at radius 1 is 1.35 bits per heavy atom. The minimum absolute atomic E-state index is 0.196. The molecule has 17 heavy (non-hydrogen) atoms. The first-order valence-electron chi connectivity index (χ1n) is 6.20. The van der Waals surface area contributed by atoms with Crippen molar-refractivity contribution in [1.29, 1.82) is 0 Å². The number of halogens is 2. The van der Waals surface area contributed by atoms with Crippen molar-refractivity contribution in [3.05, 3.63) is 34.6 Å². The summed E-state index contributed by atoms with van der Waals surface area (Å²) in [6.45, 7) is 7.40. The van der Waals surface area contributed by atoms with Crippen molar-refractivity contribution < 1.29 is 4.39 Å². The lowest BCUT2D eigenvalue weighted by Crippen LogP contribution is -2.29. The summed E-state index contributed by atoms with van der Waals surface area (Å²) in [4.78, 5) is 0. The van der Waals surface area contributed by atoms with Gasteiger partial charge in [-0.25, -0.2) is 4.39 Å². The molecule has 0 saturated carbocycles. The van der Waals surface area contributed by atoms with Gasteiger partial charge in [0.05, 0.1) is 5.02 Å². The van der Waals surface area contributed by atoms with Gasteiger partial charge in [0, 0.05) is 6.04 Å². The Morgan fingerprint density at radius 2 is 2.06 bits per heavy atom. The van der Waals surface area contributed by atoms with Crippen LogP contribution in [0.4, 0.5) is 4.39 Å². The maximum atomic E-state index is 13.3. The lowest BCUT2D eigenvalue weighted by Gasteiger charge is -2.17. The lowest BCUT2D eigenvalue weighted by atomic mass is 9.96. The average Bonchev–Trinajstić information content (AvgIpc) is 2.28. The fourth-order valence-electron chi connectivity index (χ4n) is 1.76. The van der Waals surface area contributed by atoms with Gasteiger partial charge in [0.15, 0.2) is 0 Å². The highest BCUT2D eigenvalue weighted by molar-refractivity contribution is 6.30. The highest BCUT2D eigenvalue weighted by atomic mass is 35.5. The van der Waals surface area contributed by atoms with Crippen molar-refractivity contribution in [2.75, 3.05) is 6.54 Å². The Bertz CT molecular complexity index is 352. The van der Waals surface area contributed by atoms with Gasteiger partial charge in [0.25, 0.3) is 0 Å². The third-order valence-corrected chi connectivity index (χ3v) is 3.21. The molecule has 0 radical (unpaired) electrons. The van der Waals surface area contributed by atoms with Gasteiger partial charge in [-0.15, -0.1) is 0 Å². The van der Waals surface area contributed by atoms with Crippen LogP contribution in [0.2, 0.25) is 5.02 Å². The minimum Gasteiger partial charge on any atom is -0.314 e. The van der Waals surface area contributed by atoms with Crippen molar-refractivity contribution in [3.63, 3.8) is 0 Å². The van der Waals surface area contributed by atoms with Gasteiger partial charge >= 0.3 is 0 Å². The van der Waals surface area contributed by atoms with Gasteiger partial charge in [-0.3, -0.25) is 0 Å². The van der Waals surface area contributed by atoms with E-state index in [0.717, 1.165) is 24.9 Å². The van der Waals surface area contributed by atoms with Crippen molar-refractivity contribution in [2.45, 2.75) is 39.7 Å². The van der Waals surface area contributed by atoms with Crippen LogP contribution in [0.5, 0.6) is 0 Å². The van der Waals surface area contributed by atoms with E-state index in [0.29, 0.717) is 12.0 Å². The highest BCUT2D eigenvalue weighted by Gasteiger charge is 2.09. The molecule has 0 amide bonds. The molecule has 96 valence electrons. The lowest BCUT2D eigenvalue weighted by molar-refractivity contribution is 0.435. The zero-order valence-corrected chi connectivity index (χ0v) is 11.5. The molecule has 1 aromatic rings. The van der Waals surface area contributed by atoms with Gasteiger partial charge in [0.2, 0.25) is 0 Å². The first kappa shape index (κ1) is 14.5. The normalized spacial score (nSPS) is 13.1. The summed E-state index contributed by atoms with van der Waals surface area (Å²) in [5, 5.41) is 3.62. The monoisotopic (exact) mass is 257 g/mol. The fourth-order valence-corrected chi connectivity index (χ4v) is 1.88. The minimum atomic E-state index is -0.323. The number of hydrogen-bond acceptors (Lipinski definition) is 1. The molecule has 0 aliphatic carbocycles. The van der Waals surface area contributed by atoms with Crippen LogP contribution in [-0.2, 0) is 6.42 Å². The summed E-state index contributed by atoms with van der Waals surface area (Å²) >= 11 is 5.67. The van der Waals surface area contributed by atoms with E-state index in [-0.39, 0.29) is 10.8 Å². The van der Waals surface area contributed by atoms with Gasteiger partial charge < -0.3 is 5.32 Å². The van der Waals surface area contributed by atoms with Crippen LogP contribution in [0, 0.1) is 11.7 Å². The largest absolute Gasteiger partial charge is 0.314 e. The van der Waals surface area contributed by atoms with E-state index in [1.807, 2.05) is 6.07 Å². The zero-order valence-electron chi connectivity index (χ0n) is 10.8. The highest BCUT2D eigenvalue weighted by Crippen LogP contribution is 2.18. The predicted octanol–water partition coefficient (Wildman–Crippen LogP) is 4.05. The molecule has 3 heteroatoms. The molecule has 1 rings (SSSR count). The third-order valence-electron chi connectivity index (χ3n) is 2.90. The van der Waals surface area contributed by atoms with Crippen LogP contribution in [-0.4, -0.2) is 12.6 Å². The summed E-state index contributed by atoms with van der Waals surface area (Å²) in [6.07, 6.45) is 1.98. The first-order chi connectivity index (χ1) is 8.02. The van der Waals surface area contributed by atoms with Crippen LogP contribution < -0.4 is 5.32 Å². The molecule has 0 saturated heterocycles. The third kappa shape index (κ3) is 5.05. The molecule has 1 aromatic carbocycles. The second-order valence-corrected chi connectivity index (χ2v) is 5.20. The Kier molecular flexibility index (Phi) is 5.93. The van der Waals surface area contributed by atoms with Gasteiger partial charge in [0.1, 0.15) is 5.82 Å². The molecule has 0 heterocycles. The fraction of sp³-hybridized carbons (Fsp3) is 0.571. The molecule has 1 unspecified atom stereocenters. The number of benzene rings is 1. The molecule has 1 nitrogen and oxygen atoms in total. The van der Waals surface area contributed by atoms with Crippen molar-refractivity contribution >= 4 is 11.6 Å². The molecular formula is C14H21ClFN. The number of hydrogen-bond donors (Lipinski definition) is 1. The van der Waals surface area contributed by atoms with E-state index in [2.05, 4.69) is 26.1 Å². The molecule has 0 spiro atoms. The SMILES string of the molecule is CCC(CNC(C)C)Cc1ccc(Cl)c(F)c1. The summed E-state index contributed by atoms with van der Waals surface area (Å²) in [5.74, 6) is 0.216. The maximum Gasteiger partial charge on any atom is 0.142 e. The summed E-state index contributed by atoms with van der Waals surface area (Å²) in [6, 6.07) is 5.57. The van der Waals surface area contributed by atoms with E-state index in [1.54, 1.807) is 12.1 Å². The van der Waals surface area contributed by atoms with Crippen LogP contribution in [0.3, 0.4) is 0 Å². The molecule has 0 bridgehead atoms. The van der Waals surface area contributed by atoms with E-state index in [9.17, 15) is 4.39 Å². The predicted molar refractivity (Wildman–Crippen MR) is 72.0 cm³/mol. The van der Waals surface area contributed by atoms with Crippen LogP contribution >= 0.6 is 11.6 Å². The topological polar surface area (TPSA) is 12.0 Å². The van der Waals surface area contributed by atoms with Crippen LogP contribution in [0.1, 0.15) is 32.8 Å². The van der Waals surface area contributed by atoms with E-state index >= 15 is 0 Å².